The highest BCUT2D eigenvalue weighted by Gasteiger charge is 2.36. The maximum absolute atomic E-state index is 13.8. The highest BCUT2D eigenvalue weighted by Crippen LogP contribution is 2.41. The molecule has 3 aromatic heterocycles. The van der Waals surface area contributed by atoms with Gasteiger partial charge in [0.05, 0.1) is 44.9 Å². The van der Waals surface area contributed by atoms with Crippen LogP contribution in [-0.4, -0.2) is 72.0 Å². The van der Waals surface area contributed by atoms with Gasteiger partial charge in [-0.15, -0.1) is 0 Å². The number of hydrogen-bond acceptors (Lipinski definition) is 11. The zero-order valence-corrected chi connectivity index (χ0v) is 27.4. The molecule has 1 N–H and O–H groups in total. The van der Waals surface area contributed by atoms with Crippen LogP contribution in [-0.2, 0) is 17.8 Å². The van der Waals surface area contributed by atoms with Crippen molar-refractivity contribution in [1.82, 2.24) is 24.9 Å². The Hall–Kier alpha value is -5.20. The van der Waals surface area contributed by atoms with Crippen molar-refractivity contribution in [1.29, 1.82) is 0 Å². The molecule has 2 aromatic carbocycles. The van der Waals surface area contributed by atoms with E-state index in [1.165, 1.54) is 0 Å². The molecular formula is C35H35ClN8O4. The van der Waals surface area contributed by atoms with E-state index in [-0.39, 0.29) is 11.5 Å². The average molecular weight is 667 g/mol. The quantitative estimate of drug-likeness (QED) is 0.204. The van der Waals surface area contributed by atoms with E-state index < -0.39 is 0 Å². The number of fused-ring (bicyclic) bond motifs is 1. The second-order valence-electron chi connectivity index (χ2n) is 11.6. The standard InChI is InChI=1S/C35H35ClN8O4/c1-46-27-8-3-23(4-9-27)20-43(21-24-5-10-28(47-2)11-6-24)34-38-17-25(18-39-34)29-22-44(26-7-12-30(36)37-19-26)32-31(29)33(45)41-35(40-32)42-13-15-48-16-14-42/h3-12,17-19,29H,13-16,20-22H2,1-2H3,(H,40,41,45). The van der Waals surface area contributed by atoms with Crippen LogP contribution >= 0.6 is 11.6 Å². The number of halogens is 1. The molecule has 1 atom stereocenters. The molecule has 48 heavy (non-hydrogen) atoms. The van der Waals surface area contributed by atoms with Crippen molar-refractivity contribution in [2.45, 2.75) is 19.0 Å². The smallest absolute Gasteiger partial charge is 0.258 e. The van der Waals surface area contributed by atoms with Gasteiger partial charge in [-0.3, -0.25) is 9.78 Å². The van der Waals surface area contributed by atoms with Gasteiger partial charge in [0, 0.05) is 51.0 Å². The Kier molecular flexibility index (Phi) is 9.08. The lowest BCUT2D eigenvalue weighted by atomic mass is 9.97. The predicted molar refractivity (Wildman–Crippen MR) is 184 cm³/mol. The van der Waals surface area contributed by atoms with Crippen molar-refractivity contribution in [2.75, 3.05) is 61.8 Å². The Balaban J connectivity index is 1.21. The summed E-state index contributed by atoms with van der Waals surface area (Å²) in [4.78, 5) is 41.9. The fourth-order valence-electron chi connectivity index (χ4n) is 6.07. The maximum Gasteiger partial charge on any atom is 0.258 e. The minimum Gasteiger partial charge on any atom is -0.497 e. The molecule has 12 nitrogen and oxygen atoms in total. The molecule has 7 rings (SSSR count). The number of H-pyrrole nitrogens is 1. The summed E-state index contributed by atoms with van der Waals surface area (Å²) in [5, 5.41) is 0.389. The fraction of sp³-hybridized carbons (Fsp3) is 0.286. The largest absolute Gasteiger partial charge is 0.497 e. The van der Waals surface area contributed by atoms with Crippen LogP contribution in [0.25, 0.3) is 0 Å². The molecule has 0 bridgehead atoms. The Morgan fingerprint density at radius 3 is 2.06 bits per heavy atom. The summed E-state index contributed by atoms with van der Waals surface area (Å²) in [5.74, 6) is 2.94. The van der Waals surface area contributed by atoms with Gasteiger partial charge in [-0.05, 0) is 53.1 Å². The molecule has 2 aliphatic heterocycles. The number of nitrogens with one attached hydrogen (secondary N) is 1. The molecule has 13 heteroatoms. The van der Waals surface area contributed by atoms with Crippen LogP contribution in [0.2, 0.25) is 5.15 Å². The van der Waals surface area contributed by atoms with E-state index in [0.29, 0.717) is 74.4 Å². The summed E-state index contributed by atoms with van der Waals surface area (Å²) >= 11 is 6.11. The molecule has 5 heterocycles. The number of anilines is 4. The van der Waals surface area contributed by atoms with Crippen molar-refractivity contribution in [3.8, 4) is 11.5 Å². The van der Waals surface area contributed by atoms with Crippen LogP contribution in [0.1, 0.15) is 28.2 Å². The minimum absolute atomic E-state index is 0.194. The third kappa shape index (κ3) is 6.62. The highest BCUT2D eigenvalue weighted by atomic mass is 35.5. The first-order chi connectivity index (χ1) is 23.5. The number of aromatic amines is 1. The molecule has 0 spiro atoms. The first-order valence-electron chi connectivity index (χ1n) is 15.7. The second-order valence-corrected chi connectivity index (χ2v) is 12.0. The summed E-state index contributed by atoms with van der Waals surface area (Å²) in [6.07, 6.45) is 5.32. The van der Waals surface area contributed by atoms with Gasteiger partial charge in [-0.25, -0.2) is 15.0 Å². The summed E-state index contributed by atoms with van der Waals surface area (Å²) < 4.78 is 16.2. The minimum atomic E-state index is -0.323. The fourth-order valence-corrected chi connectivity index (χ4v) is 6.18. The maximum atomic E-state index is 13.8. The number of nitrogens with zero attached hydrogens (tertiary/aromatic N) is 7. The van der Waals surface area contributed by atoms with Gasteiger partial charge in [-0.2, -0.15) is 4.98 Å². The van der Waals surface area contributed by atoms with Crippen molar-refractivity contribution >= 4 is 35.0 Å². The first kappa shape index (κ1) is 31.4. The number of rotatable bonds is 10. The average Bonchev–Trinajstić information content (AvgIpc) is 3.53. The van der Waals surface area contributed by atoms with E-state index >= 15 is 0 Å². The van der Waals surface area contributed by atoms with Gasteiger partial charge in [0.2, 0.25) is 11.9 Å². The monoisotopic (exact) mass is 666 g/mol. The van der Waals surface area contributed by atoms with Crippen LogP contribution in [0.4, 0.5) is 23.4 Å². The Labute approximate surface area is 282 Å². The van der Waals surface area contributed by atoms with Crippen molar-refractivity contribution in [3.63, 3.8) is 0 Å². The predicted octanol–water partition coefficient (Wildman–Crippen LogP) is 4.95. The van der Waals surface area contributed by atoms with Crippen LogP contribution in [0.3, 0.4) is 0 Å². The van der Waals surface area contributed by atoms with E-state index in [1.807, 2.05) is 76.8 Å². The van der Waals surface area contributed by atoms with Gasteiger partial charge in [0.1, 0.15) is 22.5 Å². The number of morpholine rings is 1. The number of methoxy groups -OCH3 is 2. The lowest BCUT2D eigenvalue weighted by Crippen LogP contribution is -2.38. The zero-order chi connectivity index (χ0) is 33.0. The van der Waals surface area contributed by atoms with Crippen molar-refractivity contribution in [3.05, 3.63) is 117 Å². The molecule has 1 unspecified atom stereocenters. The number of aromatic nitrogens is 5. The number of hydrogen-bond donors (Lipinski definition) is 1. The zero-order valence-electron chi connectivity index (χ0n) is 26.7. The molecule has 1 saturated heterocycles. The lowest BCUT2D eigenvalue weighted by molar-refractivity contribution is 0.122. The van der Waals surface area contributed by atoms with E-state index in [1.54, 1.807) is 26.5 Å². The van der Waals surface area contributed by atoms with Gasteiger partial charge in [0.25, 0.3) is 5.56 Å². The number of benzene rings is 2. The topological polar surface area (TPSA) is 122 Å². The summed E-state index contributed by atoms with van der Waals surface area (Å²) in [5.41, 5.74) is 4.14. The van der Waals surface area contributed by atoms with Crippen LogP contribution in [0, 0.1) is 0 Å². The van der Waals surface area contributed by atoms with Gasteiger partial charge in [-0.1, -0.05) is 35.9 Å². The number of pyridine rings is 1. The summed E-state index contributed by atoms with van der Waals surface area (Å²) in [7, 11) is 3.31. The first-order valence-corrected chi connectivity index (χ1v) is 16.1. The van der Waals surface area contributed by atoms with E-state index in [0.717, 1.165) is 33.9 Å². The van der Waals surface area contributed by atoms with E-state index in [2.05, 4.69) is 14.9 Å². The summed E-state index contributed by atoms with van der Waals surface area (Å²) in [6.45, 7) is 4.06. The SMILES string of the molecule is COc1ccc(CN(Cc2ccc(OC)cc2)c2ncc(C3CN(c4ccc(Cl)nc4)c4nc(N5CCOCC5)[nH]c(=O)c43)cn2)cc1. The highest BCUT2D eigenvalue weighted by molar-refractivity contribution is 6.29. The molecule has 5 aromatic rings. The van der Waals surface area contributed by atoms with Crippen molar-refractivity contribution in [2.24, 2.45) is 0 Å². The molecule has 0 aliphatic carbocycles. The normalized spacial score (nSPS) is 15.7. The van der Waals surface area contributed by atoms with E-state index in [9.17, 15) is 4.79 Å². The van der Waals surface area contributed by atoms with Crippen molar-refractivity contribution < 1.29 is 14.2 Å². The molecule has 0 saturated carbocycles. The van der Waals surface area contributed by atoms with E-state index in [4.69, 9.17) is 40.8 Å². The second kappa shape index (κ2) is 13.9. The third-order valence-corrected chi connectivity index (χ3v) is 8.86. The van der Waals surface area contributed by atoms with Gasteiger partial charge < -0.3 is 28.9 Å². The molecule has 2 aliphatic rings. The van der Waals surface area contributed by atoms with Crippen LogP contribution in [0.15, 0.2) is 84.0 Å². The molecule has 246 valence electrons. The Bertz CT molecular complexity index is 1850. The van der Waals surface area contributed by atoms with Gasteiger partial charge >= 0.3 is 0 Å². The number of ether oxygens (including phenoxy) is 3. The van der Waals surface area contributed by atoms with Crippen LogP contribution in [0.5, 0.6) is 11.5 Å². The molecule has 1 fully saturated rings. The third-order valence-electron chi connectivity index (χ3n) is 8.63. The van der Waals surface area contributed by atoms with Crippen LogP contribution < -0.4 is 29.7 Å². The Morgan fingerprint density at radius 2 is 1.50 bits per heavy atom. The summed E-state index contributed by atoms with van der Waals surface area (Å²) in [6, 6.07) is 19.5. The van der Waals surface area contributed by atoms with Gasteiger partial charge in [0.15, 0.2) is 0 Å². The molecular weight excluding hydrogens is 632 g/mol. The lowest BCUT2D eigenvalue weighted by Gasteiger charge is -2.28. The molecule has 0 amide bonds. The molecule has 0 radical (unpaired) electrons. The Morgan fingerprint density at radius 1 is 0.875 bits per heavy atom.